The third-order valence-electron chi connectivity index (χ3n) is 5.22. The predicted octanol–water partition coefficient (Wildman–Crippen LogP) is 1.40. The first-order valence-electron chi connectivity index (χ1n) is 9.11. The highest BCUT2D eigenvalue weighted by Crippen LogP contribution is 2.19. The van der Waals surface area contributed by atoms with Crippen molar-refractivity contribution in [2.45, 2.75) is 50.6 Å². The molecule has 0 spiro atoms. The molecule has 26 heavy (non-hydrogen) atoms. The summed E-state index contributed by atoms with van der Waals surface area (Å²) in [6.07, 6.45) is 5.83. The van der Waals surface area contributed by atoms with Crippen LogP contribution in [0.4, 0.5) is 0 Å². The molecule has 1 saturated heterocycles. The Labute approximate surface area is 154 Å². The van der Waals surface area contributed by atoms with Crippen molar-refractivity contribution in [2.24, 2.45) is 0 Å². The van der Waals surface area contributed by atoms with Gasteiger partial charge in [0.15, 0.2) is 9.84 Å². The van der Waals surface area contributed by atoms with E-state index in [2.05, 4.69) is 10.3 Å². The molecule has 1 unspecified atom stereocenters. The fourth-order valence-electron chi connectivity index (χ4n) is 3.61. The number of nitrogens with one attached hydrogen (secondary N) is 1. The Hall–Kier alpha value is -1.96. The standard InChI is InChI=1S/C18H25N3O4S/c1-21(14-10-11-26(24,25)12-14)18(23)16-9-5-8-15(20-16)17(22)19-13-6-3-2-4-7-13/h5,8-9,13-14H,2-4,6-7,10-12H2,1H3,(H,19,22). The Morgan fingerprint density at radius 1 is 1.12 bits per heavy atom. The number of sulfone groups is 1. The summed E-state index contributed by atoms with van der Waals surface area (Å²) >= 11 is 0. The SMILES string of the molecule is CN(C(=O)c1cccc(C(=O)NC2CCCCC2)n1)C1CCS(=O)(=O)C1. The average molecular weight is 379 g/mol. The van der Waals surface area contributed by atoms with Crippen molar-refractivity contribution in [3.63, 3.8) is 0 Å². The van der Waals surface area contributed by atoms with Gasteiger partial charge in [-0.15, -0.1) is 0 Å². The zero-order chi connectivity index (χ0) is 18.7. The number of rotatable bonds is 4. The van der Waals surface area contributed by atoms with E-state index in [1.165, 1.54) is 11.3 Å². The molecule has 2 aliphatic rings. The summed E-state index contributed by atoms with van der Waals surface area (Å²) in [5.74, 6) is -0.541. The summed E-state index contributed by atoms with van der Waals surface area (Å²) in [4.78, 5) is 30.7. The van der Waals surface area contributed by atoms with Crippen molar-refractivity contribution in [1.29, 1.82) is 0 Å². The molecule has 2 heterocycles. The molecular formula is C18H25N3O4S. The van der Waals surface area contributed by atoms with E-state index in [1.54, 1.807) is 25.2 Å². The Morgan fingerprint density at radius 3 is 2.46 bits per heavy atom. The number of hydrogen-bond donors (Lipinski definition) is 1. The first-order valence-corrected chi connectivity index (χ1v) is 10.9. The van der Waals surface area contributed by atoms with Crippen LogP contribution in [0.25, 0.3) is 0 Å². The summed E-state index contributed by atoms with van der Waals surface area (Å²) in [5.41, 5.74) is 0.377. The minimum atomic E-state index is -3.07. The number of aromatic nitrogens is 1. The second-order valence-corrected chi connectivity index (χ2v) is 9.42. The lowest BCUT2D eigenvalue weighted by molar-refractivity contribution is 0.0741. The normalized spacial score (nSPS) is 22.7. The highest BCUT2D eigenvalue weighted by molar-refractivity contribution is 7.91. The molecule has 2 fully saturated rings. The molecule has 1 aromatic heterocycles. The first kappa shape index (κ1) is 18.8. The van der Waals surface area contributed by atoms with E-state index < -0.39 is 9.84 Å². The third-order valence-corrected chi connectivity index (χ3v) is 6.97. The number of pyridine rings is 1. The Morgan fingerprint density at radius 2 is 1.81 bits per heavy atom. The van der Waals surface area contributed by atoms with E-state index in [1.807, 2.05) is 0 Å². The van der Waals surface area contributed by atoms with Crippen molar-refractivity contribution in [3.05, 3.63) is 29.6 Å². The molecular weight excluding hydrogens is 354 g/mol. The van der Waals surface area contributed by atoms with Crippen LogP contribution >= 0.6 is 0 Å². The van der Waals surface area contributed by atoms with Gasteiger partial charge in [0, 0.05) is 19.1 Å². The molecule has 1 aromatic rings. The minimum absolute atomic E-state index is 0.0168. The van der Waals surface area contributed by atoms with Crippen LogP contribution in [-0.2, 0) is 9.84 Å². The molecule has 1 saturated carbocycles. The van der Waals surface area contributed by atoms with E-state index in [0.717, 1.165) is 25.7 Å². The summed E-state index contributed by atoms with van der Waals surface area (Å²) in [7, 11) is -1.49. The second kappa shape index (κ2) is 7.73. The quantitative estimate of drug-likeness (QED) is 0.853. The van der Waals surface area contributed by atoms with Crippen molar-refractivity contribution in [1.82, 2.24) is 15.2 Å². The molecule has 142 valence electrons. The number of carbonyl (C=O) groups excluding carboxylic acids is 2. The van der Waals surface area contributed by atoms with Crippen LogP contribution < -0.4 is 5.32 Å². The molecule has 1 aliphatic carbocycles. The van der Waals surface area contributed by atoms with Gasteiger partial charge in [-0.05, 0) is 31.4 Å². The molecule has 0 bridgehead atoms. The zero-order valence-electron chi connectivity index (χ0n) is 15.0. The fourth-order valence-corrected chi connectivity index (χ4v) is 5.39. The van der Waals surface area contributed by atoms with E-state index in [4.69, 9.17) is 0 Å². The molecule has 7 nitrogen and oxygen atoms in total. The van der Waals surface area contributed by atoms with Crippen molar-refractivity contribution < 1.29 is 18.0 Å². The fraction of sp³-hybridized carbons (Fsp3) is 0.611. The van der Waals surface area contributed by atoms with E-state index in [-0.39, 0.29) is 46.8 Å². The molecule has 3 rings (SSSR count). The van der Waals surface area contributed by atoms with Gasteiger partial charge in [-0.2, -0.15) is 0 Å². The molecule has 0 radical (unpaired) electrons. The topological polar surface area (TPSA) is 96.4 Å². The zero-order valence-corrected chi connectivity index (χ0v) is 15.8. The third kappa shape index (κ3) is 4.41. The van der Waals surface area contributed by atoms with Gasteiger partial charge in [-0.1, -0.05) is 25.3 Å². The van der Waals surface area contributed by atoms with Gasteiger partial charge in [0.25, 0.3) is 11.8 Å². The van der Waals surface area contributed by atoms with Crippen molar-refractivity contribution >= 4 is 21.7 Å². The summed E-state index contributed by atoms with van der Waals surface area (Å²) in [6, 6.07) is 4.61. The maximum Gasteiger partial charge on any atom is 0.272 e. The van der Waals surface area contributed by atoms with Gasteiger partial charge in [0.05, 0.1) is 11.5 Å². The van der Waals surface area contributed by atoms with E-state index in [9.17, 15) is 18.0 Å². The van der Waals surface area contributed by atoms with Gasteiger partial charge in [0.2, 0.25) is 0 Å². The van der Waals surface area contributed by atoms with Crippen LogP contribution in [0.2, 0.25) is 0 Å². The maximum absolute atomic E-state index is 12.6. The average Bonchev–Trinajstić information content (AvgIpc) is 3.01. The second-order valence-electron chi connectivity index (χ2n) is 7.19. The first-order chi connectivity index (χ1) is 12.4. The van der Waals surface area contributed by atoms with Gasteiger partial charge < -0.3 is 10.2 Å². The molecule has 8 heteroatoms. The van der Waals surface area contributed by atoms with Gasteiger partial charge in [-0.25, -0.2) is 13.4 Å². The Balaban J connectivity index is 1.68. The molecule has 2 amide bonds. The lowest BCUT2D eigenvalue weighted by atomic mass is 9.95. The number of nitrogens with zero attached hydrogens (tertiary/aromatic N) is 2. The largest absolute Gasteiger partial charge is 0.348 e. The van der Waals surface area contributed by atoms with Gasteiger partial charge >= 0.3 is 0 Å². The van der Waals surface area contributed by atoms with Crippen LogP contribution in [0.1, 0.15) is 59.5 Å². The molecule has 1 aliphatic heterocycles. The predicted molar refractivity (Wildman–Crippen MR) is 97.7 cm³/mol. The lowest BCUT2D eigenvalue weighted by Crippen LogP contribution is -2.39. The highest BCUT2D eigenvalue weighted by atomic mass is 32.2. The van der Waals surface area contributed by atoms with Crippen molar-refractivity contribution in [3.8, 4) is 0 Å². The maximum atomic E-state index is 12.6. The molecule has 0 aromatic carbocycles. The summed E-state index contributed by atoms with van der Waals surface area (Å²) in [6.45, 7) is 0. The lowest BCUT2D eigenvalue weighted by Gasteiger charge is -2.24. The van der Waals surface area contributed by atoms with Crippen LogP contribution in [-0.4, -0.2) is 60.8 Å². The Bertz CT molecular complexity index is 787. The van der Waals surface area contributed by atoms with Crippen molar-refractivity contribution in [2.75, 3.05) is 18.6 Å². The van der Waals surface area contributed by atoms with E-state index >= 15 is 0 Å². The number of amides is 2. The number of hydrogen-bond acceptors (Lipinski definition) is 5. The van der Waals surface area contributed by atoms with Crippen LogP contribution in [0.3, 0.4) is 0 Å². The Kier molecular flexibility index (Phi) is 5.60. The monoisotopic (exact) mass is 379 g/mol. The van der Waals surface area contributed by atoms with Gasteiger partial charge in [-0.3, -0.25) is 9.59 Å². The van der Waals surface area contributed by atoms with Crippen LogP contribution in [0.5, 0.6) is 0 Å². The summed E-state index contributed by atoms with van der Waals surface area (Å²) < 4.78 is 23.3. The molecule has 1 N–H and O–H groups in total. The van der Waals surface area contributed by atoms with Crippen LogP contribution in [0.15, 0.2) is 18.2 Å². The highest BCUT2D eigenvalue weighted by Gasteiger charge is 2.33. The summed E-state index contributed by atoms with van der Waals surface area (Å²) in [5, 5.41) is 2.99. The van der Waals surface area contributed by atoms with Crippen LogP contribution in [0, 0.1) is 0 Å². The minimum Gasteiger partial charge on any atom is -0.348 e. The van der Waals surface area contributed by atoms with Gasteiger partial charge in [0.1, 0.15) is 11.4 Å². The smallest absolute Gasteiger partial charge is 0.272 e. The number of carbonyl (C=O) groups is 2. The van der Waals surface area contributed by atoms with E-state index in [0.29, 0.717) is 6.42 Å². The molecule has 1 atom stereocenters.